The Balaban J connectivity index is 1.68. The number of rotatable bonds is 7. The van der Waals surface area contributed by atoms with Gasteiger partial charge in [-0.3, -0.25) is 9.69 Å². The number of carbonyl (C=O) groups excluding carboxylic acids is 1. The van der Waals surface area contributed by atoms with E-state index in [9.17, 15) is 4.79 Å². The average Bonchev–Trinajstić information content (AvgIpc) is 3.12. The fraction of sp³-hybridized carbons (Fsp3) is 0.364. The summed E-state index contributed by atoms with van der Waals surface area (Å²) in [4.78, 5) is 22.6. The van der Waals surface area contributed by atoms with Gasteiger partial charge in [0.25, 0.3) is 5.91 Å². The second kappa shape index (κ2) is 8.35. The second-order valence-corrected chi connectivity index (χ2v) is 7.37. The zero-order valence-corrected chi connectivity index (χ0v) is 16.5. The van der Waals surface area contributed by atoms with Crippen LogP contribution in [0.4, 0.5) is 0 Å². The Morgan fingerprint density at radius 3 is 2.63 bits per heavy atom. The summed E-state index contributed by atoms with van der Waals surface area (Å²) in [6.07, 6.45) is 1.92. The SMILES string of the molecule is CC(C)N(CCNC(=O)c1cccc(-c2ccc3[nH]ccc3c2)n1)C(C)C. The third kappa shape index (κ3) is 4.55. The van der Waals surface area contributed by atoms with Crippen molar-refractivity contribution in [3.63, 3.8) is 0 Å². The number of aromatic nitrogens is 2. The van der Waals surface area contributed by atoms with E-state index < -0.39 is 0 Å². The minimum Gasteiger partial charge on any atom is -0.361 e. The number of benzene rings is 1. The van der Waals surface area contributed by atoms with Crippen LogP contribution in [-0.2, 0) is 0 Å². The number of amides is 1. The minimum atomic E-state index is -0.132. The molecular weight excluding hydrogens is 336 g/mol. The van der Waals surface area contributed by atoms with E-state index >= 15 is 0 Å². The first-order valence-electron chi connectivity index (χ1n) is 9.54. The summed E-state index contributed by atoms with van der Waals surface area (Å²) in [7, 11) is 0. The van der Waals surface area contributed by atoms with Gasteiger partial charge in [0, 0.05) is 47.8 Å². The van der Waals surface area contributed by atoms with E-state index in [4.69, 9.17) is 0 Å². The lowest BCUT2D eigenvalue weighted by Gasteiger charge is -2.30. The Morgan fingerprint density at radius 1 is 1.11 bits per heavy atom. The highest BCUT2D eigenvalue weighted by molar-refractivity contribution is 5.93. The van der Waals surface area contributed by atoms with Gasteiger partial charge in [-0.2, -0.15) is 0 Å². The van der Waals surface area contributed by atoms with Gasteiger partial charge in [0.05, 0.1) is 5.69 Å². The summed E-state index contributed by atoms with van der Waals surface area (Å²) in [6.45, 7) is 10.1. The van der Waals surface area contributed by atoms with Crippen LogP contribution in [0.5, 0.6) is 0 Å². The van der Waals surface area contributed by atoms with Gasteiger partial charge in [0.1, 0.15) is 5.69 Å². The lowest BCUT2D eigenvalue weighted by Crippen LogP contribution is -2.42. The van der Waals surface area contributed by atoms with Gasteiger partial charge >= 0.3 is 0 Å². The second-order valence-electron chi connectivity index (χ2n) is 7.37. The number of nitrogens with zero attached hydrogens (tertiary/aromatic N) is 2. The summed E-state index contributed by atoms with van der Waals surface area (Å²) in [5, 5.41) is 4.13. The fourth-order valence-corrected chi connectivity index (χ4v) is 3.44. The summed E-state index contributed by atoms with van der Waals surface area (Å²) in [5.41, 5.74) is 3.34. The molecule has 0 spiro atoms. The minimum absolute atomic E-state index is 0.132. The molecule has 0 aliphatic heterocycles. The Labute approximate surface area is 160 Å². The third-order valence-corrected chi connectivity index (χ3v) is 4.81. The van der Waals surface area contributed by atoms with Crippen LogP contribution in [0.1, 0.15) is 38.2 Å². The molecule has 5 nitrogen and oxygen atoms in total. The van der Waals surface area contributed by atoms with Gasteiger partial charge in [0.2, 0.25) is 0 Å². The number of carbonyl (C=O) groups is 1. The van der Waals surface area contributed by atoms with Gasteiger partial charge in [-0.15, -0.1) is 0 Å². The lowest BCUT2D eigenvalue weighted by atomic mass is 10.1. The molecule has 0 saturated heterocycles. The lowest BCUT2D eigenvalue weighted by molar-refractivity contribution is 0.0934. The van der Waals surface area contributed by atoms with Gasteiger partial charge in [-0.1, -0.05) is 12.1 Å². The van der Waals surface area contributed by atoms with E-state index in [0.29, 0.717) is 24.3 Å². The summed E-state index contributed by atoms with van der Waals surface area (Å²) in [6, 6.07) is 14.6. The molecule has 0 saturated carbocycles. The van der Waals surface area contributed by atoms with E-state index in [2.05, 4.69) is 53.9 Å². The number of hydrogen-bond acceptors (Lipinski definition) is 3. The van der Waals surface area contributed by atoms with Gasteiger partial charge in [0.15, 0.2) is 0 Å². The van der Waals surface area contributed by atoms with Crippen molar-refractivity contribution in [2.45, 2.75) is 39.8 Å². The van der Waals surface area contributed by atoms with Crippen LogP contribution in [0.2, 0.25) is 0 Å². The summed E-state index contributed by atoms with van der Waals surface area (Å²) in [5.74, 6) is -0.132. The summed E-state index contributed by atoms with van der Waals surface area (Å²) >= 11 is 0. The molecule has 1 amide bonds. The van der Waals surface area contributed by atoms with Crippen molar-refractivity contribution >= 4 is 16.8 Å². The Kier molecular flexibility index (Phi) is 5.91. The molecule has 5 heteroatoms. The molecule has 27 heavy (non-hydrogen) atoms. The first-order valence-corrected chi connectivity index (χ1v) is 9.54. The molecular formula is C22H28N4O. The van der Waals surface area contributed by atoms with Crippen LogP contribution in [0, 0.1) is 0 Å². The van der Waals surface area contributed by atoms with Crippen LogP contribution in [0.15, 0.2) is 48.7 Å². The van der Waals surface area contributed by atoms with Gasteiger partial charge in [-0.05, 0) is 58.0 Å². The molecule has 2 N–H and O–H groups in total. The van der Waals surface area contributed by atoms with Crippen molar-refractivity contribution < 1.29 is 4.79 Å². The van der Waals surface area contributed by atoms with Crippen molar-refractivity contribution in [2.75, 3.05) is 13.1 Å². The van der Waals surface area contributed by atoms with E-state index in [1.807, 2.05) is 36.5 Å². The smallest absolute Gasteiger partial charge is 0.269 e. The molecule has 142 valence electrons. The van der Waals surface area contributed by atoms with E-state index in [1.54, 1.807) is 6.07 Å². The average molecular weight is 364 g/mol. The van der Waals surface area contributed by atoms with Gasteiger partial charge in [-0.25, -0.2) is 4.98 Å². The van der Waals surface area contributed by atoms with Crippen LogP contribution < -0.4 is 5.32 Å². The van der Waals surface area contributed by atoms with Gasteiger partial charge < -0.3 is 10.3 Å². The largest absolute Gasteiger partial charge is 0.361 e. The molecule has 3 rings (SSSR count). The molecule has 1 aromatic carbocycles. The Hall–Kier alpha value is -2.66. The predicted octanol–water partition coefficient (Wildman–Crippen LogP) is 4.08. The normalized spacial score (nSPS) is 11.7. The molecule has 0 bridgehead atoms. The van der Waals surface area contributed by atoms with Crippen molar-refractivity contribution in [1.82, 2.24) is 20.2 Å². The summed E-state index contributed by atoms with van der Waals surface area (Å²) < 4.78 is 0. The van der Waals surface area contributed by atoms with Crippen LogP contribution in [0.3, 0.4) is 0 Å². The maximum Gasteiger partial charge on any atom is 0.269 e. The van der Waals surface area contributed by atoms with Crippen molar-refractivity contribution in [3.8, 4) is 11.3 Å². The molecule has 0 radical (unpaired) electrons. The monoisotopic (exact) mass is 364 g/mol. The third-order valence-electron chi connectivity index (χ3n) is 4.81. The number of H-pyrrole nitrogens is 1. The highest BCUT2D eigenvalue weighted by Gasteiger charge is 2.14. The molecule has 0 atom stereocenters. The molecule has 0 fully saturated rings. The molecule has 0 aliphatic carbocycles. The highest BCUT2D eigenvalue weighted by Crippen LogP contribution is 2.22. The number of fused-ring (bicyclic) bond motifs is 1. The van der Waals surface area contributed by atoms with E-state index in [0.717, 1.165) is 28.7 Å². The van der Waals surface area contributed by atoms with E-state index in [-0.39, 0.29) is 5.91 Å². The quantitative estimate of drug-likeness (QED) is 0.664. The van der Waals surface area contributed by atoms with Crippen molar-refractivity contribution in [3.05, 3.63) is 54.4 Å². The fourth-order valence-electron chi connectivity index (χ4n) is 3.44. The number of nitrogens with one attached hydrogen (secondary N) is 2. The Morgan fingerprint density at radius 2 is 1.89 bits per heavy atom. The molecule has 2 aromatic heterocycles. The van der Waals surface area contributed by atoms with Crippen molar-refractivity contribution in [2.24, 2.45) is 0 Å². The molecule has 0 unspecified atom stereocenters. The van der Waals surface area contributed by atoms with Crippen LogP contribution in [-0.4, -0.2) is 45.9 Å². The van der Waals surface area contributed by atoms with Crippen molar-refractivity contribution in [1.29, 1.82) is 0 Å². The maximum atomic E-state index is 12.5. The molecule has 0 aliphatic rings. The Bertz CT molecular complexity index is 905. The first-order chi connectivity index (χ1) is 13.0. The first kappa shape index (κ1) is 19.1. The zero-order chi connectivity index (χ0) is 19.4. The predicted molar refractivity (Wildman–Crippen MR) is 111 cm³/mol. The number of pyridine rings is 1. The number of aromatic amines is 1. The molecule has 3 aromatic rings. The standard InChI is InChI=1S/C22H28N4O/c1-15(2)26(16(3)4)13-12-24-22(27)21-7-5-6-20(25-21)17-8-9-19-18(14-17)10-11-23-19/h5-11,14-16,23H,12-13H2,1-4H3,(H,24,27). The van der Waals surface area contributed by atoms with E-state index in [1.165, 1.54) is 0 Å². The van der Waals surface area contributed by atoms with Crippen LogP contribution >= 0.6 is 0 Å². The maximum absolute atomic E-state index is 12.5. The number of hydrogen-bond donors (Lipinski definition) is 2. The van der Waals surface area contributed by atoms with Crippen LogP contribution in [0.25, 0.3) is 22.2 Å². The topological polar surface area (TPSA) is 61.0 Å². The zero-order valence-electron chi connectivity index (χ0n) is 16.5. The molecule has 2 heterocycles. The highest BCUT2D eigenvalue weighted by atomic mass is 16.1.